The number of aliphatic hydroxyl groups excluding tert-OH is 1. The molecule has 37 heavy (non-hydrogen) atoms. The van der Waals surface area contributed by atoms with E-state index in [0.29, 0.717) is 70.0 Å². The van der Waals surface area contributed by atoms with E-state index in [-0.39, 0.29) is 17.9 Å². The van der Waals surface area contributed by atoms with Crippen LogP contribution in [0.25, 0.3) is 16.7 Å². The van der Waals surface area contributed by atoms with Gasteiger partial charge in [-0.3, -0.25) is 15.0 Å². The van der Waals surface area contributed by atoms with Crippen molar-refractivity contribution in [2.24, 2.45) is 0 Å². The Hall–Kier alpha value is -3.92. The molecule has 1 aromatic carbocycles. The summed E-state index contributed by atoms with van der Waals surface area (Å²) in [5, 5.41) is 18.8. The highest BCUT2D eigenvalue weighted by Gasteiger charge is 2.38. The van der Waals surface area contributed by atoms with Crippen molar-refractivity contribution in [2.45, 2.75) is 58.0 Å². The van der Waals surface area contributed by atoms with Gasteiger partial charge in [0.25, 0.3) is 11.8 Å². The molecule has 5 N–H and O–H groups in total. The number of furan rings is 1. The highest BCUT2D eigenvalue weighted by Crippen LogP contribution is 2.33. The van der Waals surface area contributed by atoms with Gasteiger partial charge in [-0.15, -0.1) is 0 Å². The molecule has 10 heteroatoms. The Morgan fingerprint density at radius 2 is 2.11 bits per heavy atom. The maximum Gasteiger partial charge on any atom is 0.256 e. The number of ether oxygens (including phenoxy) is 1. The molecule has 5 rings (SSSR count). The summed E-state index contributed by atoms with van der Waals surface area (Å²) in [5.41, 5.74) is 2.57. The van der Waals surface area contributed by atoms with Crippen LogP contribution in [-0.2, 0) is 0 Å². The zero-order chi connectivity index (χ0) is 26.4. The molecule has 2 aliphatic rings. The van der Waals surface area contributed by atoms with E-state index in [1.54, 1.807) is 49.2 Å². The molecule has 3 heterocycles. The maximum absolute atomic E-state index is 13.6. The number of fused-ring (bicyclic) bond motifs is 1. The van der Waals surface area contributed by atoms with E-state index in [9.17, 15) is 19.1 Å². The Bertz CT molecular complexity index is 1420. The third-order valence-corrected chi connectivity index (χ3v) is 7.36. The van der Waals surface area contributed by atoms with Crippen molar-refractivity contribution in [1.29, 1.82) is 0 Å². The number of carbonyl (C=O) groups is 2. The van der Waals surface area contributed by atoms with Gasteiger partial charge in [0.1, 0.15) is 23.3 Å². The Balaban J connectivity index is 1.38. The number of hydrogen-bond acceptors (Lipinski definition) is 5. The van der Waals surface area contributed by atoms with Crippen molar-refractivity contribution in [3.8, 4) is 5.75 Å². The summed E-state index contributed by atoms with van der Waals surface area (Å²) in [5.74, 6) is 0.715. The Morgan fingerprint density at radius 3 is 2.73 bits per heavy atom. The summed E-state index contributed by atoms with van der Waals surface area (Å²) in [6, 6.07) is 4.39. The Kier molecular flexibility index (Phi) is 6.36. The highest BCUT2D eigenvalue weighted by molar-refractivity contribution is 6.07. The van der Waals surface area contributed by atoms with Crippen molar-refractivity contribution >= 4 is 34.8 Å². The molecule has 4 atom stereocenters. The standard InChI is InChI=1S/C27H29FN4O5/c1-13-18(27(35)32-12-21(33)14(32)2)11-30-25(13)22(8-9-29)37-16-4-5-17-23(10-16)36-15(3)24(17)26(34)31-20-7-6-19(20)28/h4-5,8-11,14,19-21,29-30,33H,6-7,12H2,1-3H3,(H,31,34)/p+1/b22-8+,29-9?/t14-,19-,20+,21-/m0/s1. The van der Waals surface area contributed by atoms with Gasteiger partial charge in [-0.2, -0.15) is 0 Å². The Morgan fingerprint density at radius 1 is 1.32 bits per heavy atom. The number of likely N-dealkylation sites (tertiary alicyclic amines) is 1. The van der Waals surface area contributed by atoms with Crippen LogP contribution in [-0.4, -0.2) is 63.9 Å². The molecule has 1 saturated carbocycles. The zero-order valence-corrected chi connectivity index (χ0v) is 20.9. The van der Waals surface area contributed by atoms with Gasteiger partial charge in [0.2, 0.25) is 0 Å². The fourth-order valence-corrected chi connectivity index (χ4v) is 4.78. The molecular formula is C27H30FN4O5+. The van der Waals surface area contributed by atoms with Crippen LogP contribution in [0.15, 0.2) is 34.9 Å². The average molecular weight is 510 g/mol. The summed E-state index contributed by atoms with van der Waals surface area (Å²) in [6.45, 7) is 5.60. The first-order valence-electron chi connectivity index (χ1n) is 12.3. The number of nitrogens with zero attached hydrogens (tertiary/aromatic N) is 1. The van der Waals surface area contributed by atoms with Gasteiger partial charge in [-0.25, -0.2) is 4.39 Å². The lowest BCUT2D eigenvalue weighted by Gasteiger charge is -2.43. The summed E-state index contributed by atoms with van der Waals surface area (Å²) < 4.78 is 25.6. The summed E-state index contributed by atoms with van der Waals surface area (Å²) in [4.78, 5) is 30.4. The number of allylic oxidation sites excluding steroid dienone is 1. The monoisotopic (exact) mass is 509 g/mol. The van der Waals surface area contributed by atoms with Crippen LogP contribution >= 0.6 is 0 Å². The van der Waals surface area contributed by atoms with Crippen molar-refractivity contribution in [3.05, 3.63) is 58.6 Å². The van der Waals surface area contributed by atoms with Gasteiger partial charge in [0.15, 0.2) is 12.0 Å². The van der Waals surface area contributed by atoms with Crippen LogP contribution in [0.1, 0.15) is 57.5 Å². The molecule has 2 aromatic heterocycles. The number of amides is 2. The second-order valence-electron chi connectivity index (χ2n) is 9.66. The van der Waals surface area contributed by atoms with Gasteiger partial charge in [0.05, 0.1) is 35.0 Å². The van der Waals surface area contributed by atoms with E-state index in [2.05, 4.69) is 10.3 Å². The van der Waals surface area contributed by atoms with E-state index in [1.165, 1.54) is 6.21 Å². The average Bonchev–Trinajstić information content (AvgIpc) is 3.42. The fraction of sp³-hybridized carbons (Fsp3) is 0.370. The minimum Gasteiger partial charge on any atom is -0.460 e. The molecule has 0 bridgehead atoms. The molecule has 0 radical (unpaired) electrons. The molecule has 2 fully saturated rings. The van der Waals surface area contributed by atoms with E-state index in [0.717, 1.165) is 0 Å². The lowest BCUT2D eigenvalue weighted by molar-refractivity contribution is -0.104. The van der Waals surface area contributed by atoms with Crippen molar-refractivity contribution in [2.75, 3.05) is 6.54 Å². The van der Waals surface area contributed by atoms with Gasteiger partial charge in [-0.05, 0) is 51.3 Å². The quantitative estimate of drug-likeness (QED) is 0.286. The van der Waals surface area contributed by atoms with E-state index < -0.39 is 18.3 Å². The molecule has 0 unspecified atom stereocenters. The molecule has 1 aliphatic heterocycles. The number of halogens is 1. The van der Waals surface area contributed by atoms with Crippen LogP contribution < -0.4 is 15.5 Å². The van der Waals surface area contributed by atoms with Crippen LogP contribution in [0.2, 0.25) is 0 Å². The first-order valence-corrected chi connectivity index (χ1v) is 12.3. The maximum atomic E-state index is 13.6. The first-order chi connectivity index (χ1) is 17.7. The van der Waals surface area contributed by atoms with Crippen LogP contribution in [0, 0.1) is 13.8 Å². The second-order valence-corrected chi connectivity index (χ2v) is 9.66. The highest BCUT2D eigenvalue weighted by atomic mass is 19.1. The van der Waals surface area contributed by atoms with E-state index in [1.807, 2.05) is 6.92 Å². The molecule has 9 nitrogen and oxygen atoms in total. The number of nitrogens with two attached hydrogens (primary N) is 1. The lowest BCUT2D eigenvalue weighted by Crippen LogP contribution is -2.60. The van der Waals surface area contributed by atoms with Gasteiger partial charge in [0, 0.05) is 30.3 Å². The molecular weight excluding hydrogens is 479 g/mol. The topological polar surface area (TPSA) is 133 Å². The molecule has 1 saturated heterocycles. The number of benzene rings is 1. The molecule has 194 valence electrons. The Labute approximate surface area is 212 Å². The van der Waals surface area contributed by atoms with E-state index in [4.69, 9.17) is 14.6 Å². The van der Waals surface area contributed by atoms with Gasteiger partial charge >= 0.3 is 0 Å². The molecule has 0 spiro atoms. The number of rotatable bonds is 7. The molecule has 2 amide bonds. The lowest BCUT2D eigenvalue weighted by atomic mass is 9.90. The minimum absolute atomic E-state index is 0.173. The van der Waals surface area contributed by atoms with E-state index >= 15 is 0 Å². The van der Waals surface area contributed by atoms with Crippen molar-refractivity contribution < 1.29 is 33.6 Å². The minimum atomic E-state index is -1.01. The number of H-pyrrole nitrogens is 1. The SMILES string of the molecule is Cc1oc2cc(O/C(=C/C=[NH2+])c3[nH]cc(C(=O)N4C[C@H](O)[C@@H]4C)c3C)ccc2c1C(=O)N[C@@H]1CC[C@@H]1F. The number of hydrogen-bond donors (Lipinski definition) is 4. The molecule has 3 aromatic rings. The predicted molar refractivity (Wildman–Crippen MR) is 135 cm³/mol. The summed E-state index contributed by atoms with van der Waals surface area (Å²) in [6.07, 6.45) is 4.08. The van der Waals surface area contributed by atoms with Crippen LogP contribution in [0.4, 0.5) is 4.39 Å². The fourth-order valence-electron chi connectivity index (χ4n) is 4.78. The third kappa shape index (κ3) is 4.31. The van der Waals surface area contributed by atoms with Crippen LogP contribution in [0.3, 0.4) is 0 Å². The third-order valence-electron chi connectivity index (χ3n) is 7.36. The number of aliphatic hydroxyl groups is 1. The largest absolute Gasteiger partial charge is 0.460 e. The number of aromatic nitrogens is 1. The number of β-amino-alcohol motifs (C(OH)–C–C–N with tert-alkyl or cyclic N) is 1. The summed E-state index contributed by atoms with van der Waals surface area (Å²) in [7, 11) is 0. The summed E-state index contributed by atoms with van der Waals surface area (Å²) >= 11 is 0. The van der Waals surface area contributed by atoms with Gasteiger partial charge in [-0.1, -0.05) is 0 Å². The number of nitrogens with one attached hydrogen (secondary N) is 2. The number of aromatic amines is 1. The van der Waals surface area contributed by atoms with Gasteiger partial charge < -0.3 is 29.5 Å². The second kappa shape index (κ2) is 9.51. The normalized spacial score (nSPS) is 23.4. The number of carbonyl (C=O) groups excluding carboxylic acids is 2. The van der Waals surface area contributed by atoms with Crippen molar-refractivity contribution in [3.63, 3.8) is 0 Å². The molecule has 1 aliphatic carbocycles. The smallest absolute Gasteiger partial charge is 0.256 e. The predicted octanol–water partition coefficient (Wildman–Crippen LogP) is 2.06. The van der Waals surface area contributed by atoms with Crippen LogP contribution in [0.5, 0.6) is 5.75 Å². The first kappa shape index (κ1) is 24.8. The van der Waals surface area contributed by atoms with Crippen molar-refractivity contribution in [1.82, 2.24) is 15.2 Å². The number of alkyl halides is 1. The zero-order valence-electron chi connectivity index (χ0n) is 20.9. The number of aryl methyl sites for hydroxylation is 1.